The molecule has 1 aliphatic heterocycles. The average Bonchev–Trinajstić information content (AvgIpc) is 2.64. The van der Waals surface area contributed by atoms with Crippen molar-refractivity contribution in [1.82, 2.24) is 10.2 Å². The molecule has 1 saturated heterocycles. The fraction of sp³-hybridized carbons (Fsp3) is 0.381. The number of hydrogen-bond acceptors (Lipinski definition) is 2. The molecule has 2 aromatic rings. The van der Waals surface area contributed by atoms with E-state index in [4.69, 9.17) is 11.6 Å². The Labute approximate surface area is 155 Å². The highest BCUT2D eigenvalue weighted by Crippen LogP contribution is 2.17. The Bertz CT molecular complexity index is 711. The topological polar surface area (TPSA) is 32.3 Å². The summed E-state index contributed by atoms with van der Waals surface area (Å²) in [5.74, 6) is 0.000811. The first kappa shape index (κ1) is 18.0. The molecule has 0 spiro atoms. The van der Waals surface area contributed by atoms with Crippen molar-refractivity contribution in [3.05, 3.63) is 70.2 Å². The fourth-order valence-corrected chi connectivity index (χ4v) is 3.52. The van der Waals surface area contributed by atoms with Crippen molar-refractivity contribution in [2.24, 2.45) is 0 Å². The number of piperidine rings is 1. The number of nitrogens with one attached hydrogen (secondary N) is 1. The van der Waals surface area contributed by atoms with E-state index < -0.39 is 0 Å². The van der Waals surface area contributed by atoms with Crippen LogP contribution in [0.1, 0.15) is 36.0 Å². The molecule has 25 heavy (non-hydrogen) atoms. The molecule has 0 saturated carbocycles. The third-order valence-electron chi connectivity index (χ3n) is 4.75. The van der Waals surface area contributed by atoms with Gasteiger partial charge in [-0.1, -0.05) is 60.5 Å². The second-order valence-electron chi connectivity index (χ2n) is 6.65. The number of carbonyl (C=O) groups is 1. The van der Waals surface area contributed by atoms with Crippen LogP contribution in [0.4, 0.5) is 0 Å². The number of amides is 1. The maximum Gasteiger partial charge on any atom is 0.224 e. The lowest BCUT2D eigenvalue weighted by atomic mass is 10.0. The van der Waals surface area contributed by atoms with Crippen LogP contribution in [0, 0.1) is 0 Å². The van der Waals surface area contributed by atoms with E-state index in [1.807, 2.05) is 30.3 Å². The lowest BCUT2D eigenvalue weighted by molar-refractivity contribution is -0.120. The number of halogens is 1. The number of carbonyl (C=O) groups excluding carboxylic acids is 1. The third kappa shape index (κ3) is 5.32. The predicted molar refractivity (Wildman–Crippen MR) is 103 cm³/mol. The molecular weight excluding hydrogens is 332 g/mol. The summed E-state index contributed by atoms with van der Waals surface area (Å²) in [5.41, 5.74) is 3.37. The van der Waals surface area contributed by atoms with Crippen LogP contribution < -0.4 is 5.32 Å². The third-order valence-corrected chi connectivity index (χ3v) is 5.11. The molecule has 0 unspecified atom stereocenters. The van der Waals surface area contributed by atoms with E-state index in [0.29, 0.717) is 18.0 Å². The van der Waals surface area contributed by atoms with Crippen molar-refractivity contribution < 1.29 is 4.79 Å². The van der Waals surface area contributed by atoms with Gasteiger partial charge >= 0.3 is 0 Å². The minimum Gasteiger partial charge on any atom is -0.352 e. The summed E-state index contributed by atoms with van der Waals surface area (Å²) in [6, 6.07) is 15.9. The molecule has 1 heterocycles. The van der Waals surface area contributed by atoms with Gasteiger partial charge in [-0.15, -0.1) is 0 Å². The summed E-state index contributed by atoms with van der Waals surface area (Å²) in [6.07, 6.45) is 4.23. The summed E-state index contributed by atoms with van der Waals surface area (Å²) in [4.78, 5) is 14.8. The second kappa shape index (κ2) is 9.02. The molecule has 1 amide bonds. The minimum absolute atomic E-state index is 0.000811. The van der Waals surface area contributed by atoms with Crippen molar-refractivity contribution in [2.45, 2.75) is 38.8 Å². The Morgan fingerprint density at radius 2 is 1.56 bits per heavy atom. The minimum atomic E-state index is 0.000811. The van der Waals surface area contributed by atoms with E-state index in [-0.39, 0.29) is 5.91 Å². The SMILES string of the molecule is O=C(Cc1ccccc1Cl)NCc1ccccc1CN1CCCCC1. The van der Waals surface area contributed by atoms with Gasteiger partial charge in [-0.25, -0.2) is 0 Å². The van der Waals surface area contributed by atoms with Crippen LogP contribution in [0.2, 0.25) is 5.02 Å². The molecule has 132 valence electrons. The molecule has 4 heteroatoms. The molecule has 0 atom stereocenters. The maximum absolute atomic E-state index is 12.3. The highest BCUT2D eigenvalue weighted by Gasteiger charge is 2.13. The Kier molecular flexibility index (Phi) is 6.48. The Morgan fingerprint density at radius 1 is 0.920 bits per heavy atom. The molecule has 0 aromatic heterocycles. The van der Waals surface area contributed by atoms with Gasteiger partial charge in [0.15, 0.2) is 0 Å². The zero-order chi connectivity index (χ0) is 17.5. The first-order valence-corrected chi connectivity index (χ1v) is 9.39. The van der Waals surface area contributed by atoms with E-state index in [0.717, 1.165) is 12.1 Å². The number of nitrogens with zero attached hydrogens (tertiary/aromatic N) is 1. The summed E-state index contributed by atoms with van der Waals surface area (Å²) in [7, 11) is 0. The maximum atomic E-state index is 12.3. The number of likely N-dealkylation sites (tertiary alicyclic amines) is 1. The van der Waals surface area contributed by atoms with Gasteiger partial charge in [-0.05, 0) is 48.7 Å². The summed E-state index contributed by atoms with van der Waals surface area (Å²) in [5, 5.41) is 3.68. The zero-order valence-electron chi connectivity index (χ0n) is 14.5. The van der Waals surface area contributed by atoms with Crippen molar-refractivity contribution in [1.29, 1.82) is 0 Å². The molecular formula is C21H25ClN2O. The smallest absolute Gasteiger partial charge is 0.224 e. The predicted octanol–water partition coefficient (Wildman–Crippen LogP) is 4.18. The highest BCUT2D eigenvalue weighted by molar-refractivity contribution is 6.31. The first-order chi connectivity index (χ1) is 12.2. The number of rotatable bonds is 6. The van der Waals surface area contributed by atoms with Gasteiger partial charge in [0.2, 0.25) is 5.91 Å². The second-order valence-corrected chi connectivity index (χ2v) is 7.06. The Balaban J connectivity index is 1.57. The van der Waals surface area contributed by atoms with Gasteiger partial charge in [0, 0.05) is 18.1 Å². The van der Waals surface area contributed by atoms with Crippen LogP contribution in [0.25, 0.3) is 0 Å². The first-order valence-electron chi connectivity index (χ1n) is 9.01. The quantitative estimate of drug-likeness (QED) is 0.841. The van der Waals surface area contributed by atoms with Crippen molar-refractivity contribution >= 4 is 17.5 Å². The fourth-order valence-electron chi connectivity index (χ4n) is 3.31. The van der Waals surface area contributed by atoms with Crippen molar-refractivity contribution in [2.75, 3.05) is 13.1 Å². The molecule has 1 aliphatic rings. The largest absolute Gasteiger partial charge is 0.352 e. The summed E-state index contributed by atoms with van der Waals surface area (Å²) >= 11 is 6.13. The van der Waals surface area contributed by atoms with E-state index in [2.05, 4.69) is 28.4 Å². The lowest BCUT2D eigenvalue weighted by Crippen LogP contribution is -2.30. The van der Waals surface area contributed by atoms with Crippen LogP contribution >= 0.6 is 11.6 Å². The highest BCUT2D eigenvalue weighted by atomic mass is 35.5. The van der Waals surface area contributed by atoms with Gasteiger partial charge in [0.25, 0.3) is 0 Å². The molecule has 1 N–H and O–H groups in total. The average molecular weight is 357 g/mol. The van der Waals surface area contributed by atoms with Crippen LogP contribution in [0.3, 0.4) is 0 Å². The van der Waals surface area contributed by atoms with Crippen LogP contribution in [-0.2, 0) is 24.3 Å². The van der Waals surface area contributed by atoms with E-state index >= 15 is 0 Å². The molecule has 0 aliphatic carbocycles. The summed E-state index contributed by atoms with van der Waals surface area (Å²) < 4.78 is 0. The Morgan fingerprint density at radius 3 is 2.28 bits per heavy atom. The molecule has 3 rings (SSSR count). The van der Waals surface area contributed by atoms with Gasteiger partial charge in [-0.2, -0.15) is 0 Å². The number of benzene rings is 2. The van der Waals surface area contributed by atoms with Gasteiger partial charge in [-0.3, -0.25) is 9.69 Å². The normalized spacial score (nSPS) is 15.1. The van der Waals surface area contributed by atoms with Gasteiger partial charge in [0.05, 0.1) is 6.42 Å². The van der Waals surface area contributed by atoms with Crippen molar-refractivity contribution in [3.8, 4) is 0 Å². The summed E-state index contributed by atoms with van der Waals surface area (Å²) in [6.45, 7) is 3.88. The van der Waals surface area contributed by atoms with Crippen LogP contribution in [0.15, 0.2) is 48.5 Å². The molecule has 0 bridgehead atoms. The van der Waals surface area contributed by atoms with E-state index in [9.17, 15) is 4.79 Å². The van der Waals surface area contributed by atoms with E-state index in [1.165, 1.54) is 43.5 Å². The lowest BCUT2D eigenvalue weighted by Gasteiger charge is -2.27. The van der Waals surface area contributed by atoms with Crippen LogP contribution in [-0.4, -0.2) is 23.9 Å². The van der Waals surface area contributed by atoms with E-state index in [1.54, 1.807) is 0 Å². The van der Waals surface area contributed by atoms with Gasteiger partial charge < -0.3 is 5.32 Å². The number of hydrogen-bond donors (Lipinski definition) is 1. The van der Waals surface area contributed by atoms with Crippen LogP contribution in [0.5, 0.6) is 0 Å². The Hall–Kier alpha value is -1.84. The standard InChI is InChI=1S/C21H25ClN2O/c22-20-11-5-4-8-17(20)14-21(25)23-15-18-9-2-3-10-19(18)16-24-12-6-1-7-13-24/h2-5,8-11H,1,6-7,12-16H2,(H,23,25). The molecule has 3 nitrogen and oxygen atoms in total. The molecule has 2 aromatic carbocycles. The molecule has 1 fully saturated rings. The van der Waals surface area contributed by atoms with Gasteiger partial charge in [0.1, 0.15) is 0 Å². The van der Waals surface area contributed by atoms with Crippen molar-refractivity contribution in [3.63, 3.8) is 0 Å². The zero-order valence-corrected chi connectivity index (χ0v) is 15.3. The molecule has 0 radical (unpaired) electrons. The monoisotopic (exact) mass is 356 g/mol.